The maximum atomic E-state index is 13.0. The molecule has 0 aromatic carbocycles. The molecule has 0 spiro atoms. The summed E-state index contributed by atoms with van der Waals surface area (Å²) in [5, 5.41) is 24.1. The number of fused-ring (bicyclic) bond motifs is 1. The Bertz CT molecular complexity index is 1610. The number of thiazole rings is 1. The van der Waals surface area contributed by atoms with Gasteiger partial charge in [0.15, 0.2) is 16.0 Å². The molecule has 7 N–H and O–H groups in total. The number of nitrogens with one attached hydrogen (secondary N) is 2. The van der Waals surface area contributed by atoms with Gasteiger partial charge in [-0.3, -0.25) is 33.4 Å². The van der Waals surface area contributed by atoms with Crippen molar-refractivity contribution in [1.82, 2.24) is 30.0 Å². The Morgan fingerprint density at radius 2 is 2.12 bits per heavy atom. The standard InChI is InChI=1S/C20H19N9O8S3/c1-37-27-10(8-6-40-19(22)23-8)13(31)24-11-15(33)29-12(18(35)36)7(5-39-17(11)29)2-3-38-20-26-25-14(32)16(34)28(20)4-9(21)30/h2-3,6,11,17H,4-5H2,1H3,(H2,21,30)(H2,22,23)(H,24,31)(H,25,32)(H,35,36)/b3-2+,27-10-. The van der Waals surface area contributed by atoms with E-state index in [1.165, 1.54) is 35.7 Å². The predicted molar refractivity (Wildman–Crippen MR) is 143 cm³/mol. The topological polar surface area (TPSA) is 258 Å². The Morgan fingerprint density at radius 3 is 2.75 bits per heavy atom. The normalized spacial score (nSPS) is 18.9. The summed E-state index contributed by atoms with van der Waals surface area (Å²) in [5.41, 5.74) is 8.58. The maximum Gasteiger partial charge on any atom is 0.352 e. The molecule has 2 aliphatic rings. The predicted octanol–water partition coefficient (Wildman–Crippen LogP) is -2.15. The molecular weight excluding hydrogens is 590 g/mol. The Hall–Kier alpha value is -4.43. The fourth-order valence-electron chi connectivity index (χ4n) is 3.65. The van der Waals surface area contributed by atoms with Crippen LogP contribution in [0, 0.1) is 0 Å². The average molecular weight is 610 g/mol. The molecule has 0 radical (unpaired) electrons. The molecule has 40 heavy (non-hydrogen) atoms. The molecule has 0 aliphatic carbocycles. The van der Waals surface area contributed by atoms with Crippen LogP contribution in [0.1, 0.15) is 5.69 Å². The van der Waals surface area contributed by atoms with Gasteiger partial charge >= 0.3 is 17.1 Å². The minimum atomic E-state index is -1.37. The molecule has 2 atom stereocenters. The van der Waals surface area contributed by atoms with Crippen molar-refractivity contribution in [3.8, 4) is 0 Å². The first kappa shape index (κ1) is 28.6. The Labute approximate surface area is 235 Å². The number of aliphatic carboxylic acids is 1. The lowest BCUT2D eigenvalue weighted by atomic mass is 10.0. The Balaban J connectivity index is 1.52. The van der Waals surface area contributed by atoms with Crippen LogP contribution in [0.25, 0.3) is 0 Å². The van der Waals surface area contributed by atoms with E-state index < -0.39 is 52.8 Å². The number of H-pyrrole nitrogens is 1. The number of allylic oxidation sites excluding steroid dienone is 1. The van der Waals surface area contributed by atoms with Gasteiger partial charge in [0.25, 0.3) is 11.8 Å². The smallest absolute Gasteiger partial charge is 0.352 e. The molecule has 2 unspecified atom stereocenters. The highest BCUT2D eigenvalue weighted by Gasteiger charge is 2.54. The number of rotatable bonds is 10. The van der Waals surface area contributed by atoms with Crippen LogP contribution in [0.4, 0.5) is 5.13 Å². The summed E-state index contributed by atoms with van der Waals surface area (Å²) < 4.78 is 0.779. The monoisotopic (exact) mass is 609 g/mol. The van der Waals surface area contributed by atoms with E-state index in [4.69, 9.17) is 16.3 Å². The van der Waals surface area contributed by atoms with Crippen molar-refractivity contribution in [1.29, 1.82) is 0 Å². The number of aromatic nitrogens is 4. The largest absolute Gasteiger partial charge is 0.477 e. The number of anilines is 1. The molecule has 3 amide bonds. The fraction of sp³-hybridized carbons (Fsp3) is 0.250. The van der Waals surface area contributed by atoms with Gasteiger partial charge in [0.05, 0.1) is 0 Å². The van der Waals surface area contributed by atoms with Crippen LogP contribution in [0.3, 0.4) is 0 Å². The number of nitrogens with zero attached hydrogens (tertiary/aromatic N) is 5. The number of aromatic amines is 1. The Morgan fingerprint density at radius 1 is 1.38 bits per heavy atom. The third kappa shape index (κ3) is 5.62. The van der Waals surface area contributed by atoms with Crippen molar-refractivity contribution >= 4 is 69.4 Å². The van der Waals surface area contributed by atoms with Gasteiger partial charge in [-0.05, 0) is 17.1 Å². The number of thioether (sulfide) groups is 2. The van der Waals surface area contributed by atoms with Crippen LogP contribution in [0.5, 0.6) is 0 Å². The second-order valence-corrected chi connectivity index (χ2v) is 10.7. The zero-order chi connectivity index (χ0) is 29.1. The zero-order valence-electron chi connectivity index (χ0n) is 20.2. The van der Waals surface area contributed by atoms with Crippen LogP contribution in [-0.4, -0.2) is 83.4 Å². The van der Waals surface area contributed by atoms with E-state index in [9.17, 15) is 33.9 Å². The number of hydrogen-bond donors (Lipinski definition) is 5. The second-order valence-electron chi connectivity index (χ2n) is 7.85. The molecule has 20 heteroatoms. The van der Waals surface area contributed by atoms with Crippen LogP contribution in [-0.2, 0) is 30.6 Å². The number of oxime groups is 1. The van der Waals surface area contributed by atoms with Crippen LogP contribution < -0.4 is 27.9 Å². The molecule has 4 heterocycles. The number of carboxylic acids is 1. The van der Waals surface area contributed by atoms with E-state index in [2.05, 4.69) is 20.6 Å². The third-order valence-corrected chi connectivity index (χ3v) is 8.10. The first-order valence-corrected chi connectivity index (χ1v) is 13.7. The molecule has 210 valence electrons. The number of β-lactam (4-membered cyclic amide) rings is 1. The van der Waals surface area contributed by atoms with Gasteiger partial charge in [-0.1, -0.05) is 16.9 Å². The zero-order valence-corrected chi connectivity index (χ0v) is 22.7. The van der Waals surface area contributed by atoms with Crippen molar-refractivity contribution in [2.24, 2.45) is 10.9 Å². The van der Waals surface area contributed by atoms with Gasteiger partial charge in [-0.25, -0.2) is 14.9 Å². The number of amides is 3. The highest BCUT2D eigenvalue weighted by atomic mass is 32.2. The van der Waals surface area contributed by atoms with Gasteiger partial charge in [0, 0.05) is 11.1 Å². The average Bonchev–Trinajstić information content (AvgIpc) is 3.34. The van der Waals surface area contributed by atoms with E-state index in [1.807, 2.05) is 5.10 Å². The summed E-state index contributed by atoms with van der Waals surface area (Å²) in [6.07, 6.45) is 1.40. The van der Waals surface area contributed by atoms with Gasteiger partial charge < -0.3 is 26.7 Å². The lowest BCUT2D eigenvalue weighted by molar-refractivity contribution is -0.150. The first-order chi connectivity index (χ1) is 19.0. The van der Waals surface area contributed by atoms with Crippen molar-refractivity contribution in [2.45, 2.75) is 23.1 Å². The molecule has 0 saturated carbocycles. The molecule has 4 rings (SSSR count). The number of carbonyl (C=O) groups is 4. The van der Waals surface area contributed by atoms with Crippen molar-refractivity contribution in [3.05, 3.63) is 54.5 Å². The molecule has 17 nitrogen and oxygen atoms in total. The highest BCUT2D eigenvalue weighted by Crippen LogP contribution is 2.41. The summed E-state index contributed by atoms with van der Waals surface area (Å²) in [5.74, 6) is -3.52. The molecular formula is C20H19N9O8S3. The van der Waals surface area contributed by atoms with Crippen LogP contribution in [0.2, 0.25) is 0 Å². The van der Waals surface area contributed by atoms with Gasteiger partial charge in [0.1, 0.15) is 36.5 Å². The van der Waals surface area contributed by atoms with Crippen molar-refractivity contribution in [3.63, 3.8) is 0 Å². The van der Waals surface area contributed by atoms with Crippen LogP contribution in [0.15, 0.2) is 48.0 Å². The maximum absolute atomic E-state index is 13.0. The van der Waals surface area contributed by atoms with E-state index in [-0.39, 0.29) is 38.7 Å². The summed E-state index contributed by atoms with van der Waals surface area (Å²) in [6.45, 7) is -0.589. The van der Waals surface area contributed by atoms with E-state index in [1.54, 1.807) is 0 Å². The SMILES string of the molecule is CO/N=C(\C(=O)NC1C(=O)N2C(C(=O)O)=C(/C=C/Sc3n[nH]c(=O)c(=O)n3CC(N)=O)CSC12)c1csc(N)n1. The number of nitrogen functional groups attached to an aromatic ring is 1. The minimum absolute atomic E-state index is 0.0725. The number of carbonyl (C=O) groups excluding carboxylic acids is 3. The minimum Gasteiger partial charge on any atom is -0.477 e. The summed E-state index contributed by atoms with van der Waals surface area (Å²) in [6, 6.07) is -1.04. The molecule has 1 saturated heterocycles. The number of nitrogens with two attached hydrogens (primary N) is 2. The number of primary amides is 1. The Kier molecular flexibility index (Phi) is 8.40. The van der Waals surface area contributed by atoms with Gasteiger partial charge in [-0.2, -0.15) is 0 Å². The number of hydrogen-bond acceptors (Lipinski definition) is 14. The molecule has 2 aliphatic heterocycles. The number of carboxylic acid groups (broad SMARTS) is 1. The highest BCUT2D eigenvalue weighted by molar-refractivity contribution is 8.02. The molecule has 1 fully saturated rings. The van der Waals surface area contributed by atoms with E-state index in [0.717, 1.165) is 32.6 Å². The van der Waals surface area contributed by atoms with Gasteiger partial charge in [-0.15, -0.1) is 28.2 Å². The van der Waals surface area contributed by atoms with E-state index in [0.29, 0.717) is 0 Å². The fourth-order valence-corrected chi connectivity index (χ4v) is 6.24. The second kappa shape index (κ2) is 11.8. The van der Waals surface area contributed by atoms with Crippen molar-refractivity contribution in [2.75, 3.05) is 18.6 Å². The van der Waals surface area contributed by atoms with Crippen LogP contribution >= 0.6 is 34.9 Å². The summed E-state index contributed by atoms with van der Waals surface area (Å²) >= 11 is 3.10. The quantitative estimate of drug-likeness (QED) is 0.0633. The van der Waals surface area contributed by atoms with Crippen molar-refractivity contribution < 1.29 is 29.1 Å². The van der Waals surface area contributed by atoms with E-state index >= 15 is 0 Å². The third-order valence-electron chi connectivity index (χ3n) is 5.33. The molecule has 0 bridgehead atoms. The first-order valence-electron chi connectivity index (χ1n) is 10.9. The summed E-state index contributed by atoms with van der Waals surface area (Å²) in [7, 11) is 1.23. The summed E-state index contributed by atoms with van der Waals surface area (Å²) in [4.78, 5) is 82.6. The molecule has 2 aromatic rings. The lowest BCUT2D eigenvalue weighted by Gasteiger charge is -2.49. The van der Waals surface area contributed by atoms with Gasteiger partial charge in [0.2, 0.25) is 5.91 Å². The lowest BCUT2D eigenvalue weighted by Crippen LogP contribution is -2.71. The molecule has 2 aromatic heterocycles.